The van der Waals surface area contributed by atoms with Gasteiger partial charge in [0, 0.05) is 6.04 Å². The molecule has 0 unspecified atom stereocenters. The van der Waals surface area contributed by atoms with Crippen LogP contribution in [0.3, 0.4) is 0 Å². The van der Waals surface area contributed by atoms with Crippen LogP contribution in [0, 0.1) is 13.8 Å². The number of nitrogens with one attached hydrogen (secondary N) is 1. The molecule has 18 heavy (non-hydrogen) atoms. The van der Waals surface area contributed by atoms with Gasteiger partial charge in [0.25, 0.3) is 5.91 Å². The summed E-state index contributed by atoms with van der Waals surface area (Å²) in [5.41, 5.74) is 2.50. The first-order chi connectivity index (χ1) is 8.54. The van der Waals surface area contributed by atoms with Crippen LogP contribution in [0.5, 0.6) is 0 Å². The monoisotopic (exact) mass is 247 g/mol. The third-order valence-electron chi connectivity index (χ3n) is 2.73. The summed E-state index contributed by atoms with van der Waals surface area (Å²) < 4.78 is 4.98. The van der Waals surface area contributed by atoms with Crippen molar-refractivity contribution in [1.29, 1.82) is 0 Å². The van der Waals surface area contributed by atoms with Gasteiger partial charge in [-0.2, -0.15) is 0 Å². The highest BCUT2D eigenvalue weighted by atomic mass is 16.5. The second-order valence-corrected chi connectivity index (χ2v) is 4.79. The first-order valence-electron chi connectivity index (χ1n) is 6.09. The van der Waals surface area contributed by atoms with E-state index in [4.69, 9.17) is 4.74 Å². The molecule has 0 bridgehead atoms. The first-order valence-corrected chi connectivity index (χ1v) is 6.09. The van der Waals surface area contributed by atoms with Crippen molar-refractivity contribution in [2.45, 2.75) is 32.7 Å². The van der Waals surface area contributed by atoms with Crippen LogP contribution in [-0.2, 0) is 9.53 Å². The molecule has 1 aromatic rings. The van der Waals surface area contributed by atoms with Gasteiger partial charge in [-0.25, -0.2) is 4.79 Å². The van der Waals surface area contributed by atoms with E-state index in [0.29, 0.717) is 5.56 Å². The zero-order valence-corrected chi connectivity index (χ0v) is 10.7. The molecule has 0 spiro atoms. The third-order valence-corrected chi connectivity index (χ3v) is 2.73. The van der Waals surface area contributed by atoms with Crippen LogP contribution in [0.1, 0.15) is 34.3 Å². The molecule has 1 fully saturated rings. The van der Waals surface area contributed by atoms with Crippen molar-refractivity contribution in [3.8, 4) is 0 Å². The van der Waals surface area contributed by atoms with Crippen LogP contribution in [0.4, 0.5) is 0 Å². The highest BCUT2D eigenvalue weighted by molar-refractivity contribution is 5.91. The molecule has 0 aromatic heterocycles. The molecule has 4 nitrogen and oxygen atoms in total. The number of aryl methyl sites for hydroxylation is 2. The van der Waals surface area contributed by atoms with Gasteiger partial charge in [0.2, 0.25) is 0 Å². The van der Waals surface area contributed by atoms with E-state index >= 15 is 0 Å². The van der Waals surface area contributed by atoms with Crippen LogP contribution < -0.4 is 5.32 Å². The van der Waals surface area contributed by atoms with Crippen LogP contribution in [-0.4, -0.2) is 24.5 Å². The molecule has 0 atom stereocenters. The number of benzene rings is 1. The van der Waals surface area contributed by atoms with E-state index in [1.165, 1.54) is 0 Å². The van der Waals surface area contributed by atoms with Gasteiger partial charge in [-0.3, -0.25) is 4.79 Å². The van der Waals surface area contributed by atoms with E-state index in [0.717, 1.165) is 24.0 Å². The lowest BCUT2D eigenvalue weighted by Gasteiger charge is -2.07. The Balaban J connectivity index is 1.88. The Morgan fingerprint density at radius 2 is 1.83 bits per heavy atom. The Morgan fingerprint density at radius 3 is 2.39 bits per heavy atom. The molecule has 0 saturated heterocycles. The van der Waals surface area contributed by atoms with Crippen molar-refractivity contribution >= 4 is 11.9 Å². The highest BCUT2D eigenvalue weighted by Gasteiger charge is 2.23. The average Bonchev–Trinajstić information content (AvgIpc) is 3.08. The van der Waals surface area contributed by atoms with Gasteiger partial charge >= 0.3 is 5.97 Å². The number of carbonyl (C=O) groups is 2. The van der Waals surface area contributed by atoms with Gasteiger partial charge in [-0.1, -0.05) is 17.2 Å². The smallest absolute Gasteiger partial charge is 0.338 e. The Kier molecular flexibility index (Phi) is 3.65. The van der Waals surface area contributed by atoms with Crippen LogP contribution >= 0.6 is 0 Å². The maximum atomic E-state index is 11.8. The minimum absolute atomic E-state index is 0.206. The predicted molar refractivity (Wildman–Crippen MR) is 67.4 cm³/mol. The fraction of sp³-hybridized carbons (Fsp3) is 0.429. The SMILES string of the molecule is Cc1cc(C)cc(C(=O)OCC(=O)NC2CC2)c1. The molecule has 0 aliphatic heterocycles. The van der Waals surface area contributed by atoms with Crippen LogP contribution in [0.2, 0.25) is 0 Å². The fourth-order valence-electron chi connectivity index (χ4n) is 1.80. The molecule has 1 saturated carbocycles. The van der Waals surface area contributed by atoms with E-state index in [9.17, 15) is 9.59 Å². The Hall–Kier alpha value is -1.84. The molecule has 2 rings (SSSR count). The summed E-state index contributed by atoms with van der Waals surface area (Å²) in [5, 5.41) is 2.77. The van der Waals surface area contributed by atoms with Gasteiger partial charge in [0.1, 0.15) is 0 Å². The molecule has 1 N–H and O–H groups in total. The fourth-order valence-corrected chi connectivity index (χ4v) is 1.80. The van der Waals surface area contributed by atoms with Gasteiger partial charge in [-0.05, 0) is 38.8 Å². The van der Waals surface area contributed by atoms with E-state index in [1.807, 2.05) is 19.9 Å². The zero-order valence-electron chi connectivity index (χ0n) is 10.7. The van der Waals surface area contributed by atoms with Crippen molar-refractivity contribution in [3.63, 3.8) is 0 Å². The van der Waals surface area contributed by atoms with Crippen molar-refractivity contribution in [2.24, 2.45) is 0 Å². The van der Waals surface area contributed by atoms with E-state index < -0.39 is 5.97 Å². The van der Waals surface area contributed by atoms with Crippen LogP contribution in [0.25, 0.3) is 0 Å². The largest absolute Gasteiger partial charge is 0.452 e. The zero-order chi connectivity index (χ0) is 13.1. The van der Waals surface area contributed by atoms with E-state index in [-0.39, 0.29) is 18.6 Å². The predicted octanol–water partition coefficient (Wildman–Crippen LogP) is 1.74. The van der Waals surface area contributed by atoms with Crippen molar-refractivity contribution in [3.05, 3.63) is 34.9 Å². The lowest BCUT2D eigenvalue weighted by molar-refractivity contribution is -0.124. The van der Waals surface area contributed by atoms with Gasteiger partial charge in [0.15, 0.2) is 6.61 Å². The van der Waals surface area contributed by atoms with Crippen molar-refractivity contribution in [1.82, 2.24) is 5.32 Å². The molecular weight excluding hydrogens is 230 g/mol. The number of amides is 1. The van der Waals surface area contributed by atoms with Crippen LogP contribution in [0.15, 0.2) is 18.2 Å². The Bertz CT molecular complexity index is 458. The summed E-state index contributed by atoms with van der Waals surface area (Å²) >= 11 is 0. The molecule has 1 amide bonds. The normalized spacial score (nSPS) is 14.1. The van der Waals surface area contributed by atoms with Gasteiger partial charge in [0.05, 0.1) is 5.56 Å². The van der Waals surface area contributed by atoms with E-state index in [1.54, 1.807) is 12.1 Å². The van der Waals surface area contributed by atoms with Gasteiger partial charge in [-0.15, -0.1) is 0 Å². The summed E-state index contributed by atoms with van der Waals surface area (Å²) in [6, 6.07) is 5.79. The quantitative estimate of drug-likeness (QED) is 0.824. The second-order valence-electron chi connectivity index (χ2n) is 4.79. The number of carbonyl (C=O) groups excluding carboxylic acids is 2. The summed E-state index contributed by atoms with van der Waals surface area (Å²) in [6.45, 7) is 3.63. The Labute approximate surface area is 106 Å². The van der Waals surface area contributed by atoms with Crippen molar-refractivity contribution < 1.29 is 14.3 Å². The molecule has 0 heterocycles. The molecular formula is C14H17NO3. The van der Waals surface area contributed by atoms with E-state index in [2.05, 4.69) is 5.32 Å². The summed E-state index contributed by atoms with van der Waals surface area (Å²) in [7, 11) is 0. The minimum atomic E-state index is -0.451. The lowest BCUT2D eigenvalue weighted by atomic mass is 10.1. The summed E-state index contributed by atoms with van der Waals surface area (Å²) in [6.07, 6.45) is 2.05. The van der Waals surface area contributed by atoms with Gasteiger partial charge < -0.3 is 10.1 Å². The second kappa shape index (κ2) is 5.21. The summed E-state index contributed by atoms with van der Waals surface area (Å²) in [5.74, 6) is -0.678. The number of esters is 1. The maximum Gasteiger partial charge on any atom is 0.338 e. The molecule has 96 valence electrons. The number of hydrogen-bond donors (Lipinski definition) is 1. The standard InChI is InChI=1S/C14H17NO3/c1-9-5-10(2)7-11(6-9)14(17)18-8-13(16)15-12-3-4-12/h5-7,12H,3-4,8H2,1-2H3,(H,15,16). The number of hydrogen-bond acceptors (Lipinski definition) is 3. The molecule has 1 aliphatic rings. The third kappa shape index (κ3) is 3.58. The van der Waals surface area contributed by atoms with Crippen molar-refractivity contribution in [2.75, 3.05) is 6.61 Å². The topological polar surface area (TPSA) is 55.4 Å². The molecule has 0 radical (unpaired) electrons. The minimum Gasteiger partial charge on any atom is -0.452 e. The summed E-state index contributed by atoms with van der Waals surface area (Å²) in [4.78, 5) is 23.1. The molecule has 1 aliphatic carbocycles. The number of rotatable bonds is 4. The Morgan fingerprint density at radius 1 is 1.22 bits per heavy atom. The average molecular weight is 247 g/mol. The first kappa shape index (κ1) is 12.6. The maximum absolute atomic E-state index is 11.8. The number of ether oxygens (including phenoxy) is 1. The molecule has 4 heteroatoms. The highest BCUT2D eigenvalue weighted by Crippen LogP contribution is 2.18. The molecule has 1 aromatic carbocycles. The lowest BCUT2D eigenvalue weighted by Crippen LogP contribution is -2.30.